The number of carbonyl (C=O) groups is 2. The fourth-order valence-corrected chi connectivity index (χ4v) is 3.37. The summed E-state index contributed by atoms with van der Waals surface area (Å²) in [6.45, 7) is 2.45. The molecule has 1 aromatic carbocycles. The lowest BCUT2D eigenvalue weighted by Gasteiger charge is -2.30. The molecule has 3 N–H and O–H groups in total. The number of allylic oxidation sites excluding steroid dienone is 1. The Morgan fingerprint density at radius 3 is 2.96 bits per heavy atom. The van der Waals surface area contributed by atoms with Gasteiger partial charge in [-0.3, -0.25) is 19.9 Å². The molecule has 126 valence electrons. The molecule has 2 aliphatic heterocycles. The molecular formula is C16H19N5O2S. The van der Waals surface area contributed by atoms with Gasteiger partial charge < -0.3 is 10.6 Å². The van der Waals surface area contributed by atoms with E-state index in [9.17, 15) is 9.59 Å². The molecule has 0 fully saturated rings. The van der Waals surface area contributed by atoms with Gasteiger partial charge in [0.2, 0.25) is 11.8 Å². The molecular weight excluding hydrogens is 326 g/mol. The van der Waals surface area contributed by atoms with Crippen LogP contribution in [0, 0.1) is 0 Å². The zero-order valence-corrected chi connectivity index (χ0v) is 14.1. The Balaban J connectivity index is 1.43. The quantitative estimate of drug-likeness (QED) is 0.727. The van der Waals surface area contributed by atoms with Crippen LogP contribution in [-0.4, -0.2) is 40.5 Å². The number of amidine groups is 1. The van der Waals surface area contributed by atoms with E-state index in [0.29, 0.717) is 11.7 Å². The van der Waals surface area contributed by atoms with E-state index in [1.54, 1.807) is 0 Å². The van der Waals surface area contributed by atoms with Crippen LogP contribution in [0.15, 0.2) is 47.2 Å². The summed E-state index contributed by atoms with van der Waals surface area (Å²) in [4.78, 5) is 25.3. The summed E-state index contributed by atoms with van der Waals surface area (Å²) in [5.41, 5.74) is 4.84. The lowest BCUT2D eigenvalue weighted by atomic mass is 10.1. The largest absolute Gasteiger partial charge is 0.355 e. The molecule has 0 bridgehead atoms. The molecule has 7 nitrogen and oxygen atoms in total. The summed E-state index contributed by atoms with van der Waals surface area (Å²) >= 11 is 1.34. The number of hydrazone groups is 1. The number of carbonyl (C=O) groups excluding carboxylic acids is 2. The van der Waals surface area contributed by atoms with E-state index in [0.717, 1.165) is 12.1 Å². The third kappa shape index (κ3) is 3.88. The van der Waals surface area contributed by atoms with Gasteiger partial charge >= 0.3 is 0 Å². The molecule has 2 heterocycles. The van der Waals surface area contributed by atoms with Crippen LogP contribution in [0.2, 0.25) is 0 Å². The fourth-order valence-electron chi connectivity index (χ4n) is 2.50. The Kier molecular flexibility index (Phi) is 5.05. The molecule has 0 saturated heterocycles. The Hall–Kier alpha value is -2.48. The van der Waals surface area contributed by atoms with Crippen molar-refractivity contribution in [2.75, 3.05) is 12.3 Å². The van der Waals surface area contributed by atoms with E-state index in [1.165, 1.54) is 23.4 Å². The minimum absolute atomic E-state index is 0.0373. The van der Waals surface area contributed by atoms with Gasteiger partial charge in [-0.1, -0.05) is 42.1 Å². The molecule has 24 heavy (non-hydrogen) atoms. The second-order valence-corrected chi connectivity index (χ2v) is 6.41. The van der Waals surface area contributed by atoms with Crippen molar-refractivity contribution in [1.29, 1.82) is 0 Å². The molecule has 3 rings (SSSR count). The van der Waals surface area contributed by atoms with Gasteiger partial charge in [0.15, 0.2) is 11.5 Å². The van der Waals surface area contributed by atoms with Crippen molar-refractivity contribution in [3.8, 4) is 0 Å². The van der Waals surface area contributed by atoms with Gasteiger partial charge in [0.1, 0.15) is 0 Å². The van der Waals surface area contributed by atoms with E-state index >= 15 is 0 Å². The van der Waals surface area contributed by atoms with Crippen LogP contribution < -0.4 is 16.1 Å². The van der Waals surface area contributed by atoms with Gasteiger partial charge in [-0.15, -0.1) is 0 Å². The molecule has 0 aromatic heterocycles. The van der Waals surface area contributed by atoms with E-state index in [2.05, 4.69) is 21.2 Å². The highest BCUT2D eigenvalue weighted by Crippen LogP contribution is 2.22. The number of hydrogen-bond donors (Lipinski definition) is 3. The minimum Gasteiger partial charge on any atom is -0.355 e. The number of nitrogens with zero attached hydrogens (tertiary/aromatic N) is 2. The molecule has 0 spiro atoms. The third-order valence-corrected chi connectivity index (χ3v) is 4.61. The molecule has 8 heteroatoms. The van der Waals surface area contributed by atoms with Gasteiger partial charge in [-0.05, 0) is 18.9 Å². The molecule has 2 aliphatic rings. The minimum atomic E-state index is -0.369. The van der Waals surface area contributed by atoms with Crippen molar-refractivity contribution < 1.29 is 9.59 Å². The number of benzene rings is 1. The SMILES string of the molecule is CC1=CC(=O)NC2NN=C(SCC(=O)NCCc3ccccc3)N12. The smallest absolute Gasteiger partial charge is 0.248 e. The zero-order chi connectivity index (χ0) is 16.9. The number of hydrogen-bond acceptors (Lipinski definition) is 6. The maximum atomic E-state index is 12.0. The van der Waals surface area contributed by atoms with Crippen molar-refractivity contribution in [2.45, 2.75) is 19.6 Å². The Labute approximate surface area is 144 Å². The van der Waals surface area contributed by atoms with Crippen molar-refractivity contribution in [3.63, 3.8) is 0 Å². The molecule has 0 saturated carbocycles. The second-order valence-electron chi connectivity index (χ2n) is 5.46. The summed E-state index contributed by atoms with van der Waals surface area (Å²) in [7, 11) is 0. The molecule has 2 amide bonds. The van der Waals surface area contributed by atoms with Crippen LogP contribution in [0.4, 0.5) is 0 Å². The first kappa shape index (κ1) is 16.4. The Bertz CT molecular complexity index is 689. The second kappa shape index (κ2) is 7.39. The summed E-state index contributed by atoms with van der Waals surface area (Å²) in [5.74, 6) is 0.0887. The van der Waals surface area contributed by atoms with Gasteiger partial charge in [0, 0.05) is 18.3 Å². The number of thioether (sulfide) groups is 1. The summed E-state index contributed by atoms with van der Waals surface area (Å²) in [6.07, 6.45) is 1.95. The Morgan fingerprint density at radius 1 is 1.38 bits per heavy atom. The summed E-state index contributed by atoms with van der Waals surface area (Å²) < 4.78 is 0. The molecule has 0 radical (unpaired) electrons. The highest BCUT2D eigenvalue weighted by molar-refractivity contribution is 8.14. The fraction of sp³-hybridized carbons (Fsp3) is 0.312. The average Bonchev–Trinajstić information content (AvgIpc) is 2.97. The normalized spacial score (nSPS) is 19.0. The number of nitrogens with one attached hydrogen (secondary N) is 3. The lowest BCUT2D eigenvalue weighted by Crippen LogP contribution is -2.54. The molecule has 1 aromatic rings. The van der Waals surface area contributed by atoms with Gasteiger partial charge in [-0.2, -0.15) is 5.10 Å². The third-order valence-electron chi connectivity index (χ3n) is 3.66. The number of amides is 2. The van der Waals surface area contributed by atoms with Crippen LogP contribution in [0.5, 0.6) is 0 Å². The number of rotatable bonds is 5. The van der Waals surface area contributed by atoms with Gasteiger partial charge in [0.25, 0.3) is 0 Å². The summed E-state index contributed by atoms with van der Waals surface area (Å²) in [5, 5.41) is 10.5. The molecule has 1 atom stereocenters. The first-order valence-electron chi connectivity index (χ1n) is 7.68. The lowest BCUT2D eigenvalue weighted by molar-refractivity contribution is -0.119. The maximum Gasteiger partial charge on any atom is 0.248 e. The van der Waals surface area contributed by atoms with Crippen LogP contribution in [-0.2, 0) is 16.0 Å². The van der Waals surface area contributed by atoms with E-state index < -0.39 is 0 Å². The predicted molar refractivity (Wildman–Crippen MR) is 93.7 cm³/mol. The first-order chi connectivity index (χ1) is 11.6. The van der Waals surface area contributed by atoms with Crippen LogP contribution >= 0.6 is 11.8 Å². The van der Waals surface area contributed by atoms with Crippen molar-refractivity contribution in [1.82, 2.24) is 21.0 Å². The van der Waals surface area contributed by atoms with Crippen LogP contribution in [0.1, 0.15) is 12.5 Å². The standard InChI is InChI=1S/C16H19N5O2S/c1-11-9-13(22)18-15-19-20-16(21(11)15)24-10-14(23)17-8-7-12-5-3-2-4-6-12/h2-6,9,15,19H,7-8,10H2,1H3,(H,17,23)(H,18,22). The van der Waals surface area contributed by atoms with Gasteiger partial charge in [-0.25, -0.2) is 0 Å². The molecule has 1 unspecified atom stereocenters. The molecule has 0 aliphatic carbocycles. The van der Waals surface area contributed by atoms with E-state index in [1.807, 2.05) is 42.2 Å². The zero-order valence-electron chi connectivity index (χ0n) is 13.3. The van der Waals surface area contributed by atoms with E-state index in [4.69, 9.17) is 0 Å². The van der Waals surface area contributed by atoms with Crippen LogP contribution in [0.25, 0.3) is 0 Å². The maximum absolute atomic E-state index is 12.0. The van der Waals surface area contributed by atoms with Crippen molar-refractivity contribution >= 4 is 28.7 Å². The van der Waals surface area contributed by atoms with Gasteiger partial charge in [0.05, 0.1) is 5.75 Å². The number of fused-ring (bicyclic) bond motifs is 1. The van der Waals surface area contributed by atoms with Crippen molar-refractivity contribution in [3.05, 3.63) is 47.7 Å². The predicted octanol–water partition coefficient (Wildman–Crippen LogP) is 0.572. The van der Waals surface area contributed by atoms with E-state index in [-0.39, 0.29) is 23.9 Å². The van der Waals surface area contributed by atoms with Crippen molar-refractivity contribution in [2.24, 2.45) is 5.10 Å². The monoisotopic (exact) mass is 345 g/mol. The highest BCUT2D eigenvalue weighted by atomic mass is 32.2. The first-order valence-corrected chi connectivity index (χ1v) is 8.67. The average molecular weight is 345 g/mol. The van der Waals surface area contributed by atoms with Crippen LogP contribution in [0.3, 0.4) is 0 Å². The Morgan fingerprint density at radius 2 is 2.17 bits per heavy atom. The summed E-state index contributed by atoms with van der Waals surface area (Å²) in [6, 6.07) is 10.0. The highest BCUT2D eigenvalue weighted by Gasteiger charge is 2.33. The topological polar surface area (TPSA) is 85.8 Å².